The Kier molecular flexibility index (Phi) is 4.69. The first-order valence-corrected chi connectivity index (χ1v) is 9.57. The van der Waals surface area contributed by atoms with Gasteiger partial charge in [-0.2, -0.15) is 0 Å². The fourth-order valence-electron chi connectivity index (χ4n) is 4.46. The van der Waals surface area contributed by atoms with Crippen molar-refractivity contribution in [2.24, 2.45) is 0 Å². The molecular weight excluding hydrogens is 300 g/mol. The van der Waals surface area contributed by atoms with Gasteiger partial charge in [0.15, 0.2) is 0 Å². The molecule has 1 aromatic heterocycles. The number of anilines is 1. The van der Waals surface area contributed by atoms with Crippen molar-refractivity contribution in [3.8, 4) is 0 Å². The quantitative estimate of drug-likeness (QED) is 0.906. The highest BCUT2D eigenvalue weighted by atomic mass is 16.2. The highest BCUT2D eigenvalue weighted by Crippen LogP contribution is 2.29. The van der Waals surface area contributed by atoms with Crippen LogP contribution in [0.15, 0.2) is 18.3 Å². The molecule has 0 saturated carbocycles. The van der Waals surface area contributed by atoms with E-state index in [1.54, 1.807) is 6.20 Å². The Balaban J connectivity index is 1.49. The number of carbonyl (C=O) groups is 1. The van der Waals surface area contributed by atoms with Crippen molar-refractivity contribution in [1.82, 2.24) is 15.2 Å². The minimum absolute atomic E-state index is 0.168. The highest BCUT2D eigenvalue weighted by Gasteiger charge is 2.38. The van der Waals surface area contributed by atoms with Gasteiger partial charge in [0.25, 0.3) is 5.91 Å². The molecule has 1 N–H and O–H groups in total. The van der Waals surface area contributed by atoms with Gasteiger partial charge in [0.1, 0.15) is 5.82 Å². The molecule has 3 fully saturated rings. The normalized spacial score (nSPS) is 27.7. The van der Waals surface area contributed by atoms with Crippen molar-refractivity contribution in [2.75, 3.05) is 31.1 Å². The summed E-state index contributed by atoms with van der Waals surface area (Å²) < 4.78 is 0. The largest absolute Gasteiger partial charge is 0.357 e. The second-order valence-corrected chi connectivity index (χ2v) is 7.40. The molecule has 3 aliphatic rings. The number of aromatic nitrogens is 1. The van der Waals surface area contributed by atoms with Gasteiger partial charge in [-0.3, -0.25) is 4.79 Å². The Morgan fingerprint density at radius 2 is 1.83 bits per heavy atom. The van der Waals surface area contributed by atoms with Gasteiger partial charge in [-0.25, -0.2) is 4.98 Å². The lowest BCUT2D eigenvalue weighted by Crippen LogP contribution is -2.42. The van der Waals surface area contributed by atoms with Gasteiger partial charge in [-0.15, -0.1) is 0 Å². The first-order chi connectivity index (χ1) is 11.8. The summed E-state index contributed by atoms with van der Waals surface area (Å²) in [6, 6.07) is 4.78. The molecule has 5 heteroatoms. The molecule has 1 aromatic rings. The Labute approximate surface area is 144 Å². The standard InChI is InChI=1S/C19H28N4O/c24-19(23-16-6-7-17(23)14-20-10-9-16)15-5-8-18(21-13-15)22-11-3-1-2-4-12-22/h5,8,13,16-17,20H,1-4,6-7,9-12,14H2. The second kappa shape index (κ2) is 7.09. The molecule has 1 amide bonds. The van der Waals surface area contributed by atoms with Crippen LogP contribution >= 0.6 is 0 Å². The van der Waals surface area contributed by atoms with E-state index in [9.17, 15) is 4.79 Å². The van der Waals surface area contributed by atoms with Crippen LogP contribution in [0.5, 0.6) is 0 Å². The van der Waals surface area contributed by atoms with Gasteiger partial charge in [-0.1, -0.05) is 12.8 Å². The van der Waals surface area contributed by atoms with Crippen molar-refractivity contribution >= 4 is 11.7 Å². The fraction of sp³-hybridized carbons (Fsp3) is 0.684. The van der Waals surface area contributed by atoms with E-state index in [0.29, 0.717) is 12.1 Å². The number of hydrogen-bond donors (Lipinski definition) is 1. The van der Waals surface area contributed by atoms with Crippen LogP contribution in [0.4, 0.5) is 5.82 Å². The Morgan fingerprint density at radius 3 is 2.58 bits per heavy atom. The highest BCUT2D eigenvalue weighted by molar-refractivity contribution is 5.94. The third-order valence-corrected chi connectivity index (χ3v) is 5.81. The third kappa shape index (κ3) is 3.14. The summed E-state index contributed by atoms with van der Waals surface area (Å²) in [7, 11) is 0. The van der Waals surface area contributed by atoms with Gasteiger partial charge in [0, 0.05) is 37.9 Å². The average molecular weight is 328 g/mol. The molecule has 0 aliphatic carbocycles. The number of rotatable bonds is 2. The Bertz CT molecular complexity index is 551. The topological polar surface area (TPSA) is 48.5 Å². The zero-order valence-electron chi connectivity index (χ0n) is 14.4. The maximum Gasteiger partial charge on any atom is 0.255 e. The third-order valence-electron chi connectivity index (χ3n) is 5.81. The van der Waals surface area contributed by atoms with E-state index in [2.05, 4.69) is 20.1 Å². The summed E-state index contributed by atoms with van der Waals surface area (Å²) in [4.78, 5) is 22.1. The van der Waals surface area contributed by atoms with Crippen molar-refractivity contribution in [1.29, 1.82) is 0 Å². The van der Waals surface area contributed by atoms with Gasteiger partial charge in [0.05, 0.1) is 5.56 Å². The van der Waals surface area contributed by atoms with E-state index in [1.807, 2.05) is 12.1 Å². The molecule has 0 radical (unpaired) electrons. The smallest absolute Gasteiger partial charge is 0.255 e. The van der Waals surface area contributed by atoms with Crippen LogP contribution in [0.25, 0.3) is 0 Å². The first kappa shape index (κ1) is 15.9. The molecule has 24 heavy (non-hydrogen) atoms. The first-order valence-electron chi connectivity index (χ1n) is 9.57. The van der Waals surface area contributed by atoms with Gasteiger partial charge in [-0.05, 0) is 50.8 Å². The Hall–Kier alpha value is -1.62. The molecule has 2 unspecified atom stereocenters. The van der Waals surface area contributed by atoms with Gasteiger partial charge < -0.3 is 15.1 Å². The summed E-state index contributed by atoms with van der Waals surface area (Å²) in [5, 5.41) is 3.46. The number of fused-ring (bicyclic) bond motifs is 2. The van der Waals surface area contributed by atoms with E-state index >= 15 is 0 Å². The molecular formula is C19H28N4O. The lowest BCUT2D eigenvalue weighted by molar-refractivity contribution is 0.0680. The number of carbonyl (C=O) groups excluding carboxylic acids is 1. The number of nitrogens with zero attached hydrogens (tertiary/aromatic N) is 3. The number of amides is 1. The van der Waals surface area contributed by atoms with Crippen LogP contribution in [0, 0.1) is 0 Å². The zero-order chi connectivity index (χ0) is 16.4. The summed E-state index contributed by atoms with van der Waals surface area (Å²) in [6.07, 6.45) is 10.3. The molecule has 130 valence electrons. The van der Waals surface area contributed by atoms with Crippen LogP contribution in [-0.2, 0) is 0 Å². The molecule has 4 heterocycles. The summed E-state index contributed by atoms with van der Waals surface area (Å²) in [6.45, 7) is 4.13. The minimum atomic E-state index is 0.168. The van der Waals surface area contributed by atoms with Crippen LogP contribution in [0.2, 0.25) is 0 Å². The molecule has 3 aliphatic heterocycles. The van der Waals surface area contributed by atoms with E-state index in [0.717, 1.165) is 56.8 Å². The molecule has 2 bridgehead atoms. The lowest BCUT2D eigenvalue weighted by Gasteiger charge is -2.28. The van der Waals surface area contributed by atoms with Gasteiger partial charge in [0.2, 0.25) is 0 Å². The summed E-state index contributed by atoms with van der Waals surface area (Å²) in [5.41, 5.74) is 0.743. The lowest BCUT2D eigenvalue weighted by atomic mass is 10.1. The van der Waals surface area contributed by atoms with Crippen molar-refractivity contribution in [2.45, 2.75) is 57.0 Å². The van der Waals surface area contributed by atoms with Crippen LogP contribution in [-0.4, -0.2) is 54.1 Å². The van der Waals surface area contributed by atoms with Crippen LogP contribution in [0.1, 0.15) is 55.3 Å². The molecule has 2 atom stereocenters. The van der Waals surface area contributed by atoms with Gasteiger partial charge >= 0.3 is 0 Å². The fourth-order valence-corrected chi connectivity index (χ4v) is 4.46. The maximum absolute atomic E-state index is 13.0. The van der Waals surface area contributed by atoms with Crippen LogP contribution in [0.3, 0.4) is 0 Å². The second-order valence-electron chi connectivity index (χ2n) is 7.40. The predicted octanol–water partition coefficient (Wildman–Crippen LogP) is 2.43. The maximum atomic E-state index is 13.0. The van der Waals surface area contributed by atoms with Crippen molar-refractivity contribution in [3.05, 3.63) is 23.9 Å². The van der Waals surface area contributed by atoms with Crippen molar-refractivity contribution in [3.63, 3.8) is 0 Å². The minimum Gasteiger partial charge on any atom is -0.357 e. The summed E-state index contributed by atoms with van der Waals surface area (Å²) >= 11 is 0. The molecule has 0 spiro atoms. The average Bonchev–Trinajstić information content (AvgIpc) is 2.78. The molecule has 0 aromatic carbocycles. The number of pyridine rings is 1. The van der Waals surface area contributed by atoms with Crippen molar-refractivity contribution < 1.29 is 4.79 Å². The number of hydrogen-bond acceptors (Lipinski definition) is 4. The van der Waals surface area contributed by atoms with E-state index in [-0.39, 0.29) is 5.91 Å². The predicted molar refractivity (Wildman–Crippen MR) is 95.4 cm³/mol. The molecule has 5 nitrogen and oxygen atoms in total. The van der Waals surface area contributed by atoms with Crippen LogP contribution < -0.4 is 10.2 Å². The molecule has 3 saturated heterocycles. The molecule has 4 rings (SSSR count). The van der Waals surface area contributed by atoms with E-state index in [4.69, 9.17) is 0 Å². The Morgan fingerprint density at radius 1 is 1.04 bits per heavy atom. The SMILES string of the molecule is O=C(c1ccc(N2CCCCCC2)nc1)N1C2CCNCC1CC2. The van der Waals surface area contributed by atoms with E-state index < -0.39 is 0 Å². The zero-order valence-corrected chi connectivity index (χ0v) is 14.4. The van der Waals surface area contributed by atoms with E-state index in [1.165, 1.54) is 25.7 Å². The summed E-state index contributed by atoms with van der Waals surface area (Å²) in [5.74, 6) is 1.19. The number of nitrogens with one attached hydrogen (secondary N) is 1. The monoisotopic (exact) mass is 328 g/mol.